The number of hydrogen-bond acceptors (Lipinski definition) is 3. The summed E-state index contributed by atoms with van der Waals surface area (Å²) >= 11 is 0. The lowest BCUT2D eigenvalue weighted by atomic mass is 10.1. The van der Waals surface area contributed by atoms with Crippen molar-refractivity contribution in [3.8, 4) is 0 Å². The summed E-state index contributed by atoms with van der Waals surface area (Å²) in [5, 5.41) is 0. The zero-order valence-electron chi connectivity index (χ0n) is 11.9. The standard InChI is InChI=1S/C14H21N3O.2ClH/c1-3-6-11(15)14(18)17-10-9-16(2)12-7-4-5-8-13(12)17;;/h4-5,7-8,11H,3,6,9-10,15H2,1-2H3;2*1H. The number of likely N-dealkylation sites (N-methyl/N-ethyl adjacent to an activating group) is 1. The van der Waals surface area contributed by atoms with Crippen LogP contribution in [0.3, 0.4) is 0 Å². The van der Waals surface area contributed by atoms with Crippen LogP contribution in [-0.2, 0) is 4.79 Å². The molecule has 20 heavy (non-hydrogen) atoms. The Labute approximate surface area is 133 Å². The highest BCUT2D eigenvalue weighted by Crippen LogP contribution is 2.32. The number of nitrogens with two attached hydrogens (primary N) is 1. The van der Waals surface area contributed by atoms with Crippen LogP contribution in [0.25, 0.3) is 0 Å². The number of para-hydroxylation sites is 2. The van der Waals surface area contributed by atoms with Gasteiger partial charge in [-0.1, -0.05) is 25.5 Å². The normalized spacial score (nSPS) is 14.8. The molecule has 1 aliphatic heterocycles. The Bertz CT molecular complexity index is 442. The molecule has 2 N–H and O–H groups in total. The summed E-state index contributed by atoms with van der Waals surface area (Å²) in [6.45, 7) is 3.61. The molecule has 1 aromatic rings. The second-order valence-corrected chi connectivity index (χ2v) is 4.80. The zero-order valence-corrected chi connectivity index (χ0v) is 13.5. The number of benzene rings is 1. The van der Waals surface area contributed by atoms with Crippen LogP contribution in [-0.4, -0.2) is 32.1 Å². The molecule has 1 aromatic carbocycles. The van der Waals surface area contributed by atoms with E-state index in [1.54, 1.807) is 0 Å². The maximum atomic E-state index is 12.3. The Morgan fingerprint density at radius 2 is 1.85 bits per heavy atom. The van der Waals surface area contributed by atoms with E-state index in [1.807, 2.05) is 43.1 Å². The number of amides is 1. The van der Waals surface area contributed by atoms with Crippen molar-refractivity contribution in [1.82, 2.24) is 0 Å². The smallest absolute Gasteiger partial charge is 0.244 e. The molecule has 1 amide bonds. The molecule has 4 nitrogen and oxygen atoms in total. The number of fused-ring (bicyclic) bond motifs is 1. The fraction of sp³-hybridized carbons (Fsp3) is 0.500. The Hall–Kier alpha value is -0.970. The van der Waals surface area contributed by atoms with Gasteiger partial charge < -0.3 is 15.5 Å². The molecule has 0 fully saturated rings. The van der Waals surface area contributed by atoms with Gasteiger partial charge in [-0.25, -0.2) is 0 Å². The molecular weight excluding hydrogens is 297 g/mol. The first-order chi connectivity index (χ1) is 8.65. The average molecular weight is 320 g/mol. The van der Waals surface area contributed by atoms with Crippen LogP contribution in [0.2, 0.25) is 0 Å². The van der Waals surface area contributed by atoms with Crippen molar-refractivity contribution in [3.63, 3.8) is 0 Å². The maximum Gasteiger partial charge on any atom is 0.244 e. The number of nitrogens with zero attached hydrogens (tertiary/aromatic N) is 2. The second kappa shape index (κ2) is 8.35. The number of halogens is 2. The summed E-state index contributed by atoms with van der Waals surface area (Å²) in [5.74, 6) is 0.0393. The molecule has 0 bridgehead atoms. The Morgan fingerprint density at radius 3 is 2.45 bits per heavy atom. The van der Waals surface area contributed by atoms with E-state index >= 15 is 0 Å². The summed E-state index contributed by atoms with van der Waals surface area (Å²) in [4.78, 5) is 16.3. The van der Waals surface area contributed by atoms with Crippen LogP contribution in [0.1, 0.15) is 19.8 Å². The topological polar surface area (TPSA) is 49.6 Å². The molecule has 0 saturated heterocycles. The Balaban J connectivity index is 0.00000180. The largest absolute Gasteiger partial charge is 0.371 e. The van der Waals surface area contributed by atoms with E-state index in [2.05, 4.69) is 4.90 Å². The first-order valence-electron chi connectivity index (χ1n) is 6.52. The predicted octanol–water partition coefficient (Wildman–Crippen LogP) is 2.44. The van der Waals surface area contributed by atoms with Crippen LogP contribution >= 0.6 is 24.8 Å². The third-order valence-electron chi connectivity index (χ3n) is 3.43. The maximum absolute atomic E-state index is 12.3. The van der Waals surface area contributed by atoms with E-state index < -0.39 is 0 Å². The third-order valence-corrected chi connectivity index (χ3v) is 3.43. The van der Waals surface area contributed by atoms with Gasteiger partial charge in [0.15, 0.2) is 0 Å². The first kappa shape index (κ1) is 19.0. The van der Waals surface area contributed by atoms with E-state index in [-0.39, 0.29) is 36.8 Å². The number of hydrogen-bond donors (Lipinski definition) is 1. The molecule has 0 aliphatic carbocycles. The minimum absolute atomic E-state index is 0. The molecule has 0 aromatic heterocycles. The summed E-state index contributed by atoms with van der Waals surface area (Å²) in [5.41, 5.74) is 8.02. The predicted molar refractivity (Wildman–Crippen MR) is 89.4 cm³/mol. The molecule has 0 saturated carbocycles. The highest BCUT2D eigenvalue weighted by molar-refractivity contribution is 6.00. The van der Waals surface area contributed by atoms with E-state index in [9.17, 15) is 4.79 Å². The van der Waals surface area contributed by atoms with Gasteiger partial charge in [0.05, 0.1) is 17.4 Å². The second-order valence-electron chi connectivity index (χ2n) is 4.80. The summed E-state index contributed by atoms with van der Waals surface area (Å²) in [6, 6.07) is 7.60. The van der Waals surface area contributed by atoms with Gasteiger partial charge in [-0.3, -0.25) is 4.79 Å². The van der Waals surface area contributed by atoms with Gasteiger partial charge in [-0.2, -0.15) is 0 Å². The van der Waals surface area contributed by atoms with Crippen LogP contribution in [0.15, 0.2) is 24.3 Å². The van der Waals surface area contributed by atoms with Gasteiger partial charge in [0, 0.05) is 20.1 Å². The fourth-order valence-corrected chi connectivity index (χ4v) is 2.37. The Morgan fingerprint density at radius 1 is 1.25 bits per heavy atom. The lowest BCUT2D eigenvalue weighted by molar-refractivity contribution is -0.120. The van der Waals surface area contributed by atoms with Gasteiger partial charge in [-0.05, 0) is 18.6 Å². The SMILES string of the molecule is CCCC(N)C(=O)N1CCN(C)c2ccccc21.Cl.Cl. The molecule has 1 unspecified atom stereocenters. The number of carbonyl (C=O) groups is 1. The molecule has 6 heteroatoms. The first-order valence-corrected chi connectivity index (χ1v) is 6.52. The van der Waals surface area contributed by atoms with Crippen molar-refractivity contribution in [2.24, 2.45) is 5.73 Å². The minimum Gasteiger partial charge on any atom is -0.371 e. The van der Waals surface area contributed by atoms with Gasteiger partial charge in [0.1, 0.15) is 0 Å². The zero-order chi connectivity index (χ0) is 13.1. The molecule has 1 aliphatic rings. The van der Waals surface area contributed by atoms with Crippen molar-refractivity contribution in [2.75, 3.05) is 29.9 Å². The third kappa shape index (κ3) is 3.78. The van der Waals surface area contributed by atoms with Gasteiger partial charge in [-0.15, -0.1) is 24.8 Å². The van der Waals surface area contributed by atoms with E-state index in [0.717, 1.165) is 30.8 Å². The minimum atomic E-state index is -0.383. The molecule has 0 radical (unpaired) electrons. The molecular formula is C14H23Cl2N3O. The van der Waals surface area contributed by atoms with Crippen LogP contribution < -0.4 is 15.5 Å². The van der Waals surface area contributed by atoms with Crippen molar-refractivity contribution < 1.29 is 4.79 Å². The van der Waals surface area contributed by atoms with E-state index in [4.69, 9.17) is 5.73 Å². The van der Waals surface area contributed by atoms with Crippen LogP contribution in [0.4, 0.5) is 11.4 Å². The molecule has 1 heterocycles. The lowest BCUT2D eigenvalue weighted by Crippen LogP contribution is -2.49. The van der Waals surface area contributed by atoms with Crippen LogP contribution in [0, 0.1) is 0 Å². The molecule has 2 rings (SSSR count). The molecule has 1 atom stereocenters. The summed E-state index contributed by atoms with van der Waals surface area (Å²) in [6.07, 6.45) is 1.68. The van der Waals surface area contributed by atoms with Gasteiger partial charge in [0.2, 0.25) is 5.91 Å². The monoisotopic (exact) mass is 319 g/mol. The summed E-state index contributed by atoms with van der Waals surface area (Å²) in [7, 11) is 2.05. The molecule has 114 valence electrons. The van der Waals surface area contributed by atoms with Crippen LogP contribution in [0.5, 0.6) is 0 Å². The Kier molecular flexibility index (Phi) is 7.94. The van der Waals surface area contributed by atoms with Crippen molar-refractivity contribution in [1.29, 1.82) is 0 Å². The average Bonchev–Trinajstić information content (AvgIpc) is 2.39. The number of rotatable bonds is 3. The highest BCUT2D eigenvalue weighted by atomic mass is 35.5. The highest BCUT2D eigenvalue weighted by Gasteiger charge is 2.27. The van der Waals surface area contributed by atoms with Gasteiger partial charge in [0.25, 0.3) is 0 Å². The summed E-state index contributed by atoms with van der Waals surface area (Å²) < 4.78 is 0. The fourth-order valence-electron chi connectivity index (χ4n) is 2.37. The van der Waals surface area contributed by atoms with E-state index in [0.29, 0.717) is 6.54 Å². The lowest BCUT2D eigenvalue weighted by Gasteiger charge is -2.36. The van der Waals surface area contributed by atoms with Crippen molar-refractivity contribution in [3.05, 3.63) is 24.3 Å². The van der Waals surface area contributed by atoms with Crippen molar-refractivity contribution in [2.45, 2.75) is 25.8 Å². The van der Waals surface area contributed by atoms with Crippen molar-refractivity contribution >= 4 is 42.1 Å². The number of carbonyl (C=O) groups excluding carboxylic acids is 1. The quantitative estimate of drug-likeness (QED) is 0.931. The number of anilines is 2. The van der Waals surface area contributed by atoms with E-state index in [1.165, 1.54) is 0 Å². The van der Waals surface area contributed by atoms with Gasteiger partial charge >= 0.3 is 0 Å². The molecule has 0 spiro atoms.